The van der Waals surface area contributed by atoms with Crippen molar-refractivity contribution in [2.45, 2.75) is 44.9 Å². The number of amides is 2. The van der Waals surface area contributed by atoms with E-state index in [9.17, 15) is 9.59 Å². The second-order valence-corrected chi connectivity index (χ2v) is 8.01. The highest BCUT2D eigenvalue weighted by Crippen LogP contribution is 2.46. The molecule has 5 heteroatoms. The lowest BCUT2D eigenvalue weighted by Gasteiger charge is -2.45. The highest BCUT2D eigenvalue weighted by Gasteiger charge is 2.53. The molecule has 22 heavy (non-hydrogen) atoms. The van der Waals surface area contributed by atoms with E-state index in [1.54, 1.807) is 0 Å². The van der Waals surface area contributed by atoms with Gasteiger partial charge in [0.2, 0.25) is 11.8 Å². The normalized spacial score (nSPS) is 41.5. The van der Waals surface area contributed by atoms with Crippen molar-refractivity contribution in [3.05, 3.63) is 0 Å². The molecule has 4 aliphatic rings. The minimum absolute atomic E-state index is 0.0117. The number of fused-ring (bicyclic) bond motifs is 1. The fourth-order valence-corrected chi connectivity index (χ4v) is 5.40. The second-order valence-electron chi connectivity index (χ2n) is 8.01. The fraction of sp³-hybridized carbons (Fsp3) is 0.882. The molecule has 3 aliphatic heterocycles. The Balaban J connectivity index is 1.53. The molecule has 1 saturated carbocycles. The summed E-state index contributed by atoms with van der Waals surface area (Å²) >= 11 is 0. The van der Waals surface area contributed by atoms with Crippen LogP contribution < -0.4 is 10.6 Å². The number of likely N-dealkylation sites (tertiary alicyclic amines) is 1. The SMILES string of the molecule is O=C1CC2(CCCN(C(=O)[C@@]34CCCC[C@H]3CNC4)C2)CN1. The van der Waals surface area contributed by atoms with Crippen LogP contribution in [0.25, 0.3) is 0 Å². The van der Waals surface area contributed by atoms with Crippen molar-refractivity contribution in [1.29, 1.82) is 0 Å². The Kier molecular flexibility index (Phi) is 3.44. The maximum absolute atomic E-state index is 13.4. The highest BCUT2D eigenvalue weighted by molar-refractivity contribution is 5.85. The Labute approximate surface area is 132 Å². The molecule has 0 radical (unpaired) electrons. The van der Waals surface area contributed by atoms with Crippen LogP contribution in [0, 0.1) is 16.7 Å². The van der Waals surface area contributed by atoms with Crippen molar-refractivity contribution >= 4 is 11.8 Å². The van der Waals surface area contributed by atoms with Gasteiger partial charge in [-0.05, 0) is 38.1 Å². The lowest BCUT2D eigenvalue weighted by atomic mass is 9.67. The van der Waals surface area contributed by atoms with Gasteiger partial charge < -0.3 is 15.5 Å². The second kappa shape index (κ2) is 5.22. The molecule has 5 nitrogen and oxygen atoms in total. The Morgan fingerprint density at radius 1 is 1.18 bits per heavy atom. The first-order valence-electron chi connectivity index (χ1n) is 8.91. The van der Waals surface area contributed by atoms with Gasteiger partial charge in [0.1, 0.15) is 0 Å². The van der Waals surface area contributed by atoms with Crippen molar-refractivity contribution in [3.8, 4) is 0 Å². The van der Waals surface area contributed by atoms with Crippen molar-refractivity contribution < 1.29 is 9.59 Å². The van der Waals surface area contributed by atoms with E-state index in [1.165, 1.54) is 19.3 Å². The van der Waals surface area contributed by atoms with Crippen molar-refractivity contribution in [2.75, 3.05) is 32.7 Å². The number of piperidine rings is 1. The number of nitrogens with zero attached hydrogens (tertiary/aromatic N) is 1. The lowest BCUT2D eigenvalue weighted by Crippen LogP contribution is -2.55. The standard InChI is InChI=1S/C17H27N3O2/c21-14-8-16(10-19-14)5-3-7-20(12-16)15(22)17-6-2-1-4-13(17)9-18-11-17/h13,18H,1-12H2,(H,19,21)/t13-,16?,17+/m0/s1. The first-order chi connectivity index (χ1) is 10.6. The molecule has 0 aromatic rings. The summed E-state index contributed by atoms with van der Waals surface area (Å²) in [5, 5.41) is 6.45. The summed E-state index contributed by atoms with van der Waals surface area (Å²) in [4.78, 5) is 27.1. The molecular formula is C17H27N3O2. The molecule has 2 N–H and O–H groups in total. The van der Waals surface area contributed by atoms with Crippen LogP contribution in [0.1, 0.15) is 44.9 Å². The maximum atomic E-state index is 13.4. The maximum Gasteiger partial charge on any atom is 0.230 e. The number of rotatable bonds is 1. The van der Waals surface area contributed by atoms with Gasteiger partial charge in [0.25, 0.3) is 0 Å². The first kappa shape index (κ1) is 14.5. The number of hydrogen-bond donors (Lipinski definition) is 2. The summed E-state index contributed by atoms with van der Waals surface area (Å²) < 4.78 is 0. The Morgan fingerprint density at radius 3 is 2.91 bits per heavy atom. The molecule has 122 valence electrons. The number of carbonyl (C=O) groups is 2. The molecule has 4 fully saturated rings. The minimum atomic E-state index is -0.146. The summed E-state index contributed by atoms with van der Waals surface area (Å²) in [5.41, 5.74) is -0.134. The van der Waals surface area contributed by atoms with Crippen molar-refractivity contribution in [1.82, 2.24) is 15.5 Å². The van der Waals surface area contributed by atoms with Crippen LogP contribution in [-0.2, 0) is 9.59 Å². The van der Waals surface area contributed by atoms with Crippen molar-refractivity contribution in [3.63, 3.8) is 0 Å². The van der Waals surface area contributed by atoms with E-state index >= 15 is 0 Å². The van der Waals surface area contributed by atoms with Crippen LogP contribution >= 0.6 is 0 Å². The number of hydrogen-bond acceptors (Lipinski definition) is 3. The average Bonchev–Trinajstić information content (AvgIpc) is 3.11. The van der Waals surface area contributed by atoms with Crippen LogP contribution in [0.4, 0.5) is 0 Å². The van der Waals surface area contributed by atoms with E-state index in [4.69, 9.17) is 0 Å². The summed E-state index contributed by atoms with van der Waals surface area (Å²) in [6.45, 7) is 4.27. The average molecular weight is 305 g/mol. The summed E-state index contributed by atoms with van der Waals surface area (Å²) in [6, 6.07) is 0. The van der Waals surface area contributed by atoms with Gasteiger partial charge in [0, 0.05) is 38.0 Å². The zero-order valence-corrected chi connectivity index (χ0v) is 13.3. The third-order valence-corrected chi connectivity index (χ3v) is 6.61. The number of nitrogens with one attached hydrogen (secondary N) is 2. The first-order valence-corrected chi connectivity index (χ1v) is 8.91. The van der Waals surface area contributed by atoms with Gasteiger partial charge in [-0.3, -0.25) is 9.59 Å². The molecule has 3 atom stereocenters. The molecule has 2 amide bonds. The third kappa shape index (κ3) is 2.16. The predicted octanol–water partition coefficient (Wildman–Crippen LogP) is 0.895. The van der Waals surface area contributed by atoms with Gasteiger partial charge >= 0.3 is 0 Å². The largest absolute Gasteiger partial charge is 0.355 e. The quantitative estimate of drug-likeness (QED) is 0.756. The van der Waals surface area contributed by atoms with Crippen LogP contribution in [0.5, 0.6) is 0 Å². The van der Waals surface area contributed by atoms with E-state index in [-0.39, 0.29) is 16.7 Å². The summed E-state index contributed by atoms with van der Waals surface area (Å²) in [7, 11) is 0. The van der Waals surface area contributed by atoms with Crippen LogP contribution in [0.2, 0.25) is 0 Å². The predicted molar refractivity (Wildman–Crippen MR) is 83.1 cm³/mol. The highest BCUT2D eigenvalue weighted by atomic mass is 16.2. The van der Waals surface area contributed by atoms with E-state index in [0.29, 0.717) is 18.2 Å². The van der Waals surface area contributed by atoms with Gasteiger partial charge in [-0.15, -0.1) is 0 Å². The monoisotopic (exact) mass is 305 g/mol. The minimum Gasteiger partial charge on any atom is -0.355 e. The van der Waals surface area contributed by atoms with Crippen LogP contribution in [0.3, 0.4) is 0 Å². The Morgan fingerprint density at radius 2 is 2.09 bits per heavy atom. The molecule has 3 heterocycles. The molecule has 3 saturated heterocycles. The summed E-state index contributed by atoms with van der Waals surface area (Å²) in [5.74, 6) is 1.06. The van der Waals surface area contributed by atoms with Crippen LogP contribution in [0.15, 0.2) is 0 Å². The van der Waals surface area contributed by atoms with E-state index in [0.717, 1.165) is 52.0 Å². The zero-order chi connectivity index (χ0) is 15.2. The van der Waals surface area contributed by atoms with Gasteiger partial charge in [-0.25, -0.2) is 0 Å². The topological polar surface area (TPSA) is 61.4 Å². The van der Waals surface area contributed by atoms with E-state index in [2.05, 4.69) is 15.5 Å². The zero-order valence-electron chi connectivity index (χ0n) is 13.3. The fourth-order valence-electron chi connectivity index (χ4n) is 5.40. The van der Waals surface area contributed by atoms with E-state index < -0.39 is 0 Å². The Hall–Kier alpha value is -1.10. The molecule has 1 spiro atoms. The van der Waals surface area contributed by atoms with Gasteiger partial charge in [0.05, 0.1) is 5.41 Å². The smallest absolute Gasteiger partial charge is 0.230 e. The van der Waals surface area contributed by atoms with Gasteiger partial charge in [0.15, 0.2) is 0 Å². The Bertz CT molecular complexity index is 494. The molecule has 0 bridgehead atoms. The molecule has 4 rings (SSSR count). The van der Waals surface area contributed by atoms with Gasteiger partial charge in [-0.2, -0.15) is 0 Å². The molecule has 1 unspecified atom stereocenters. The van der Waals surface area contributed by atoms with Crippen LogP contribution in [-0.4, -0.2) is 49.4 Å². The molecule has 0 aromatic heterocycles. The molecule has 0 aromatic carbocycles. The van der Waals surface area contributed by atoms with E-state index in [1.807, 2.05) is 0 Å². The third-order valence-electron chi connectivity index (χ3n) is 6.61. The van der Waals surface area contributed by atoms with Crippen molar-refractivity contribution in [2.24, 2.45) is 16.7 Å². The lowest BCUT2D eigenvalue weighted by molar-refractivity contribution is -0.149. The molecular weight excluding hydrogens is 278 g/mol. The number of carbonyl (C=O) groups excluding carboxylic acids is 2. The van der Waals surface area contributed by atoms with Gasteiger partial charge in [-0.1, -0.05) is 12.8 Å². The summed E-state index contributed by atoms with van der Waals surface area (Å²) in [6.07, 6.45) is 7.40. The molecule has 1 aliphatic carbocycles.